The summed E-state index contributed by atoms with van der Waals surface area (Å²) in [5.74, 6) is -0.937. The zero-order chi connectivity index (χ0) is 13.1. The topological polar surface area (TPSA) is 53.1 Å². The van der Waals surface area contributed by atoms with Gasteiger partial charge in [0.2, 0.25) is 0 Å². The standard InChI is InChI=1S/C14H15NO2S/c1-9(2)18-11-5-3-10(4-6-11)12-7-8-13(15-12)14(16)17/h3-9,15H,1-2H3,(H,16,17). The van der Waals surface area contributed by atoms with Crippen LogP contribution in [0.3, 0.4) is 0 Å². The molecule has 0 saturated carbocycles. The zero-order valence-electron chi connectivity index (χ0n) is 10.3. The number of aromatic nitrogens is 1. The highest BCUT2D eigenvalue weighted by Crippen LogP contribution is 2.26. The Balaban J connectivity index is 2.20. The lowest BCUT2D eigenvalue weighted by Gasteiger charge is -2.05. The normalized spacial score (nSPS) is 10.8. The van der Waals surface area contributed by atoms with Crippen molar-refractivity contribution < 1.29 is 9.90 Å². The van der Waals surface area contributed by atoms with Gasteiger partial charge in [-0.25, -0.2) is 4.79 Å². The van der Waals surface area contributed by atoms with Crippen LogP contribution in [0.4, 0.5) is 0 Å². The summed E-state index contributed by atoms with van der Waals surface area (Å²) in [6.45, 7) is 4.31. The Morgan fingerprint density at radius 2 is 1.83 bits per heavy atom. The number of H-pyrrole nitrogens is 1. The summed E-state index contributed by atoms with van der Waals surface area (Å²) in [6, 6.07) is 11.5. The Hall–Kier alpha value is -1.68. The highest BCUT2D eigenvalue weighted by molar-refractivity contribution is 7.99. The van der Waals surface area contributed by atoms with Gasteiger partial charge in [-0.15, -0.1) is 11.8 Å². The lowest BCUT2D eigenvalue weighted by atomic mass is 10.2. The van der Waals surface area contributed by atoms with Crippen molar-refractivity contribution in [2.45, 2.75) is 24.0 Å². The van der Waals surface area contributed by atoms with Crippen LogP contribution in [-0.2, 0) is 0 Å². The number of carboxylic acid groups (broad SMARTS) is 1. The number of benzene rings is 1. The van der Waals surface area contributed by atoms with Gasteiger partial charge in [0.05, 0.1) is 0 Å². The predicted octanol–water partition coefficient (Wildman–Crippen LogP) is 3.88. The predicted molar refractivity (Wildman–Crippen MR) is 74.2 cm³/mol. The quantitative estimate of drug-likeness (QED) is 0.821. The Labute approximate surface area is 110 Å². The van der Waals surface area contributed by atoms with E-state index < -0.39 is 5.97 Å². The monoisotopic (exact) mass is 261 g/mol. The molecule has 0 amide bonds. The van der Waals surface area contributed by atoms with E-state index in [1.165, 1.54) is 4.90 Å². The minimum atomic E-state index is -0.937. The Bertz CT molecular complexity index is 543. The summed E-state index contributed by atoms with van der Waals surface area (Å²) in [5, 5.41) is 9.41. The van der Waals surface area contributed by atoms with E-state index in [1.54, 1.807) is 12.1 Å². The first-order valence-corrected chi connectivity index (χ1v) is 6.63. The van der Waals surface area contributed by atoms with Crippen molar-refractivity contribution in [3.8, 4) is 11.3 Å². The summed E-state index contributed by atoms with van der Waals surface area (Å²) < 4.78 is 0. The number of hydrogen-bond donors (Lipinski definition) is 2. The molecule has 0 aliphatic carbocycles. The van der Waals surface area contributed by atoms with Crippen molar-refractivity contribution in [3.05, 3.63) is 42.1 Å². The van der Waals surface area contributed by atoms with Crippen LogP contribution in [0, 0.1) is 0 Å². The molecule has 2 rings (SSSR count). The Kier molecular flexibility index (Phi) is 3.77. The van der Waals surface area contributed by atoms with E-state index in [1.807, 2.05) is 23.9 Å². The maximum atomic E-state index is 10.8. The van der Waals surface area contributed by atoms with Crippen LogP contribution in [0.5, 0.6) is 0 Å². The molecule has 0 fully saturated rings. The van der Waals surface area contributed by atoms with Crippen molar-refractivity contribution in [3.63, 3.8) is 0 Å². The molecule has 0 spiro atoms. The first kappa shape index (κ1) is 12.8. The maximum absolute atomic E-state index is 10.8. The molecule has 0 saturated heterocycles. The van der Waals surface area contributed by atoms with E-state index >= 15 is 0 Å². The summed E-state index contributed by atoms with van der Waals surface area (Å²) in [4.78, 5) is 14.9. The van der Waals surface area contributed by atoms with Crippen LogP contribution in [0.15, 0.2) is 41.3 Å². The number of carbonyl (C=O) groups is 1. The van der Waals surface area contributed by atoms with Crippen molar-refractivity contribution in [2.75, 3.05) is 0 Å². The van der Waals surface area contributed by atoms with E-state index in [2.05, 4.69) is 31.0 Å². The third-order valence-electron chi connectivity index (χ3n) is 2.45. The fourth-order valence-corrected chi connectivity index (χ4v) is 2.51. The van der Waals surface area contributed by atoms with Gasteiger partial charge in [-0.3, -0.25) is 0 Å². The van der Waals surface area contributed by atoms with E-state index in [9.17, 15) is 4.79 Å². The summed E-state index contributed by atoms with van der Waals surface area (Å²) >= 11 is 1.81. The number of rotatable bonds is 4. The van der Waals surface area contributed by atoms with E-state index in [4.69, 9.17) is 5.11 Å². The number of nitrogens with one attached hydrogen (secondary N) is 1. The van der Waals surface area contributed by atoms with Gasteiger partial charge in [0.15, 0.2) is 0 Å². The third kappa shape index (κ3) is 2.96. The number of hydrogen-bond acceptors (Lipinski definition) is 2. The minimum Gasteiger partial charge on any atom is -0.477 e. The number of carboxylic acids is 1. The van der Waals surface area contributed by atoms with Gasteiger partial charge in [0.1, 0.15) is 5.69 Å². The molecule has 1 aromatic carbocycles. The summed E-state index contributed by atoms with van der Waals surface area (Å²) in [5.41, 5.74) is 2.04. The second-order valence-corrected chi connectivity index (χ2v) is 5.93. The molecule has 94 valence electrons. The van der Waals surface area contributed by atoms with Gasteiger partial charge >= 0.3 is 5.97 Å². The Morgan fingerprint density at radius 1 is 1.17 bits per heavy atom. The Morgan fingerprint density at radius 3 is 2.33 bits per heavy atom. The highest BCUT2D eigenvalue weighted by atomic mass is 32.2. The highest BCUT2D eigenvalue weighted by Gasteiger charge is 2.07. The van der Waals surface area contributed by atoms with Crippen LogP contribution in [0.2, 0.25) is 0 Å². The van der Waals surface area contributed by atoms with Gasteiger partial charge in [-0.2, -0.15) is 0 Å². The molecular weight excluding hydrogens is 246 g/mol. The average Bonchev–Trinajstić information content (AvgIpc) is 2.78. The summed E-state index contributed by atoms with van der Waals surface area (Å²) in [7, 11) is 0. The first-order chi connectivity index (χ1) is 8.56. The molecule has 3 nitrogen and oxygen atoms in total. The molecule has 0 bridgehead atoms. The molecule has 18 heavy (non-hydrogen) atoms. The number of thioether (sulfide) groups is 1. The molecule has 2 N–H and O–H groups in total. The van der Waals surface area contributed by atoms with Gasteiger partial charge < -0.3 is 10.1 Å². The van der Waals surface area contributed by atoms with Gasteiger partial charge in [-0.05, 0) is 29.8 Å². The SMILES string of the molecule is CC(C)Sc1ccc(-c2ccc(C(=O)O)[nH]2)cc1. The molecule has 0 aliphatic heterocycles. The molecular formula is C14H15NO2S. The van der Waals surface area contributed by atoms with Gasteiger partial charge in [0.25, 0.3) is 0 Å². The largest absolute Gasteiger partial charge is 0.477 e. The fraction of sp³-hybridized carbons (Fsp3) is 0.214. The van der Waals surface area contributed by atoms with Crippen LogP contribution >= 0.6 is 11.8 Å². The van der Waals surface area contributed by atoms with E-state index in [-0.39, 0.29) is 5.69 Å². The molecule has 4 heteroatoms. The maximum Gasteiger partial charge on any atom is 0.352 e. The van der Waals surface area contributed by atoms with Crippen LogP contribution < -0.4 is 0 Å². The lowest BCUT2D eigenvalue weighted by Crippen LogP contribution is -1.95. The lowest BCUT2D eigenvalue weighted by molar-refractivity contribution is 0.0691. The van der Waals surface area contributed by atoms with E-state index in [0.717, 1.165) is 11.3 Å². The van der Waals surface area contributed by atoms with E-state index in [0.29, 0.717) is 5.25 Å². The molecule has 0 unspecified atom stereocenters. The summed E-state index contributed by atoms with van der Waals surface area (Å²) in [6.07, 6.45) is 0. The average molecular weight is 261 g/mol. The second-order valence-electron chi connectivity index (χ2n) is 4.28. The smallest absolute Gasteiger partial charge is 0.352 e. The van der Waals surface area contributed by atoms with Gasteiger partial charge in [0, 0.05) is 15.8 Å². The minimum absolute atomic E-state index is 0.214. The third-order valence-corrected chi connectivity index (χ3v) is 3.47. The van der Waals surface area contributed by atoms with Crippen molar-refractivity contribution in [2.24, 2.45) is 0 Å². The van der Waals surface area contributed by atoms with Gasteiger partial charge in [-0.1, -0.05) is 26.0 Å². The molecule has 2 aromatic rings. The molecule has 0 aliphatic rings. The second kappa shape index (κ2) is 5.31. The van der Waals surface area contributed by atoms with Crippen LogP contribution in [0.1, 0.15) is 24.3 Å². The molecule has 1 heterocycles. The number of aromatic amines is 1. The first-order valence-electron chi connectivity index (χ1n) is 5.75. The molecule has 0 atom stereocenters. The zero-order valence-corrected chi connectivity index (χ0v) is 11.1. The van der Waals surface area contributed by atoms with Crippen molar-refractivity contribution in [1.29, 1.82) is 0 Å². The van der Waals surface area contributed by atoms with Crippen molar-refractivity contribution in [1.82, 2.24) is 4.98 Å². The fourth-order valence-electron chi connectivity index (χ4n) is 1.67. The molecule has 1 aromatic heterocycles. The number of aromatic carboxylic acids is 1. The van der Waals surface area contributed by atoms with Crippen LogP contribution in [0.25, 0.3) is 11.3 Å². The van der Waals surface area contributed by atoms with Crippen molar-refractivity contribution >= 4 is 17.7 Å². The van der Waals surface area contributed by atoms with Crippen LogP contribution in [-0.4, -0.2) is 21.3 Å². The molecule has 0 radical (unpaired) electrons.